The molecule has 0 atom stereocenters. The van der Waals surface area contributed by atoms with E-state index in [9.17, 15) is 4.79 Å². The number of hydrogen-bond acceptors (Lipinski definition) is 6. The number of benzene rings is 2. The second-order valence-corrected chi connectivity index (χ2v) is 6.29. The van der Waals surface area contributed by atoms with Crippen LogP contribution in [0.5, 0.6) is 0 Å². The summed E-state index contributed by atoms with van der Waals surface area (Å²) < 4.78 is 1.56. The standard InChI is InChI=1S/C21H22N6O/c1-3-27-20(28)18-7-4-5-8-19(18)24-21(27)25-23-15-16-9-11-17(12-10-16)26(2)14-6-13-22/h4-5,7-12,15H,3,6,14H2,1-2H3,(H,24,25)/b23-15-. The minimum absolute atomic E-state index is 0.0874. The molecular weight excluding hydrogens is 352 g/mol. The number of nitriles is 1. The van der Waals surface area contributed by atoms with Gasteiger partial charge in [-0.3, -0.25) is 9.36 Å². The number of nitrogens with zero attached hydrogens (tertiary/aromatic N) is 5. The second kappa shape index (κ2) is 8.82. The molecule has 3 rings (SSSR count). The fourth-order valence-corrected chi connectivity index (χ4v) is 2.87. The zero-order valence-electron chi connectivity index (χ0n) is 16.0. The predicted molar refractivity (Wildman–Crippen MR) is 113 cm³/mol. The number of rotatable bonds is 7. The van der Waals surface area contributed by atoms with Gasteiger partial charge < -0.3 is 4.90 Å². The van der Waals surface area contributed by atoms with E-state index in [1.807, 2.05) is 61.3 Å². The van der Waals surface area contributed by atoms with Crippen molar-refractivity contribution in [2.75, 3.05) is 23.9 Å². The molecule has 0 saturated carbocycles. The lowest BCUT2D eigenvalue weighted by Gasteiger charge is -2.17. The molecule has 0 saturated heterocycles. The Kier molecular flexibility index (Phi) is 6.02. The molecule has 28 heavy (non-hydrogen) atoms. The number of hydrazone groups is 1. The van der Waals surface area contributed by atoms with Crippen molar-refractivity contribution in [1.29, 1.82) is 5.26 Å². The summed E-state index contributed by atoms with van der Waals surface area (Å²) in [6.07, 6.45) is 2.17. The second-order valence-electron chi connectivity index (χ2n) is 6.29. The minimum atomic E-state index is -0.0874. The first-order chi connectivity index (χ1) is 13.6. The Morgan fingerprint density at radius 3 is 2.71 bits per heavy atom. The highest BCUT2D eigenvalue weighted by Gasteiger charge is 2.08. The van der Waals surface area contributed by atoms with Crippen molar-refractivity contribution in [3.63, 3.8) is 0 Å². The maximum atomic E-state index is 12.6. The van der Waals surface area contributed by atoms with Crippen LogP contribution in [0.4, 0.5) is 11.6 Å². The van der Waals surface area contributed by atoms with Gasteiger partial charge in [-0.1, -0.05) is 24.3 Å². The molecule has 7 heteroatoms. The third-order valence-corrected chi connectivity index (χ3v) is 4.45. The molecule has 7 nitrogen and oxygen atoms in total. The third kappa shape index (κ3) is 4.18. The van der Waals surface area contributed by atoms with Gasteiger partial charge in [0.1, 0.15) is 0 Å². The van der Waals surface area contributed by atoms with Crippen LogP contribution in [0, 0.1) is 11.3 Å². The van der Waals surface area contributed by atoms with Gasteiger partial charge in [0.05, 0.1) is 29.6 Å². The highest BCUT2D eigenvalue weighted by Crippen LogP contribution is 2.14. The van der Waals surface area contributed by atoms with Crippen LogP contribution in [0.2, 0.25) is 0 Å². The number of fused-ring (bicyclic) bond motifs is 1. The molecule has 1 N–H and O–H groups in total. The summed E-state index contributed by atoms with van der Waals surface area (Å²) in [5.74, 6) is 0.412. The van der Waals surface area contributed by atoms with E-state index in [0.29, 0.717) is 36.4 Å². The number of aromatic nitrogens is 2. The molecule has 0 amide bonds. The van der Waals surface area contributed by atoms with E-state index in [-0.39, 0.29) is 5.56 Å². The van der Waals surface area contributed by atoms with E-state index in [1.165, 1.54) is 0 Å². The Hall–Kier alpha value is -3.66. The van der Waals surface area contributed by atoms with Crippen molar-refractivity contribution in [2.45, 2.75) is 19.9 Å². The highest BCUT2D eigenvalue weighted by molar-refractivity contribution is 5.81. The van der Waals surface area contributed by atoms with Crippen LogP contribution in [0.3, 0.4) is 0 Å². The van der Waals surface area contributed by atoms with Crippen LogP contribution in [-0.2, 0) is 6.54 Å². The quantitative estimate of drug-likeness (QED) is 0.507. The summed E-state index contributed by atoms with van der Waals surface area (Å²) in [7, 11) is 1.96. The highest BCUT2D eigenvalue weighted by atomic mass is 16.1. The lowest BCUT2D eigenvalue weighted by molar-refractivity contribution is 0.724. The van der Waals surface area contributed by atoms with Crippen LogP contribution >= 0.6 is 0 Å². The van der Waals surface area contributed by atoms with Gasteiger partial charge in [-0.25, -0.2) is 10.4 Å². The van der Waals surface area contributed by atoms with Crippen molar-refractivity contribution in [3.8, 4) is 6.07 Å². The molecule has 0 bridgehead atoms. The summed E-state index contributed by atoms with van der Waals surface area (Å²) >= 11 is 0. The zero-order valence-corrected chi connectivity index (χ0v) is 16.0. The van der Waals surface area contributed by atoms with Crippen LogP contribution in [0.25, 0.3) is 10.9 Å². The maximum absolute atomic E-state index is 12.6. The van der Waals surface area contributed by atoms with Gasteiger partial charge in [-0.2, -0.15) is 10.4 Å². The zero-order chi connectivity index (χ0) is 19.9. The predicted octanol–water partition coefficient (Wildman–Crippen LogP) is 3.21. The fourth-order valence-electron chi connectivity index (χ4n) is 2.87. The van der Waals surface area contributed by atoms with Gasteiger partial charge in [-0.15, -0.1) is 0 Å². The van der Waals surface area contributed by atoms with Crippen molar-refractivity contribution < 1.29 is 0 Å². The summed E-state index contributed by atoms with van der Waals surface area (Å²) in [4.78, 5) is 19.1. The summed E-state index contributed by atoms with van der Waals surface area (Å²) in [6, 6.07) is 17.3. The number of hydrogen-bond donors (Lipinski definition) is 1. The van der Waals surface area contributed by atoms with Crippen LogP contribution in [0.1, 0.15) is 18.9 Å². The topological polar surface area (TPSA) is 86.3 Å². The molecule has 1 aromatic heterocycles. The number of nitrogens with one attached hydrogen (secondary N) is 1. The van der Waals surface area contributed by atoms with Crippen molar-refractivity contribution in [1.82, 2.24) is 9.55 Å². The van der Waals surface area contributed by atoms with Crippen LogP contribution in [-0.4, -0.2) is 29.4 Å². The third-order valence-electron chi connectivity index (χ3n) is 4.45. The summed E-state index contributed by atoms with van der Waals surface area (Å²) in [6.45, 7) is 3.08. The average molecular weight is 374 g/mol. The fraction of sp³-hybridized carbons (Fsp3) is 0.238. The number of para-hydroxylation sites is 1. The van der Waals surface area contributed by atoms with Gasteiger partial charge in [-0.05, 0) is 36.8 Å². The first-order valence-electron chi connectivity index (χ1n) is 9.11. The molecule has 0 radical (unpaired) electrons. The maximum Gasteiger partial charge on any atom is 0.262 e. The molecule has 0 fully saturated rings. The Balaban J connectivity index is 1.76. The van der Waals surface area contributed by atoms with Gasteiger partial charge in [0.15, 0.2) is 0 Å². The lowest BCUT2D eigenvalue weighted by atomic mass is 10.2. The molecule has 1 heterocycles. The molecule has 0 aliphatic rings. The average Bonchev–Trinajstić information content (AvgIpc) is 2.73. The van der Waals surface area contributed by atoms with Crippen molar-refractivity contribution >= 4 is 28.8 Å². The first-order valence-corrected chi connectivity index (χ1v) is 9.11. The molecule has 142 valence electrons. The monoisotopic (exact) mass is 374 g/mol. The van der Waals surface area contributed by atoms with E-state index in [1.54, 1.807) is 16.8 Å². The van der Waals surface area contributed by atoms with Crippen LogP contribution < -0.4 is 15.9 Å². The largest absolute Gasteiger partial charge is 0.374 e. The first kappa shape index (κ1) is 19.1. The molecular formula is C21H22N6O. The lowest BCUT2D eigenvalue weighted by Crippen LogP contribution is -2.23. The molecule has 2 aromatic carbocycles. The Morgan fingerprint density at radius 2 is 2.00 bits per heavy atom. The Labute approximate surface area is 163 Å². The normalized spacial score (nSPS) is 10.9. The molecule has 0 spiro atoms. The number of anilines is 2. The minimum Gasteiger partial charge on any atom is -0.374 e. The van der Waals surface area contributed by atoms with Crippen molar-refractivity contribution in [3.05, 3.63) is 64.4 Å². The van der Waals surface area contributed by atoms with E-state index < -0.39 is 0 Å². The van der Waals surface area contributed by atoms with E-state index in [4.69, 9.17) is 5.26 Å². The summed E-state index contributed by atoms with van der Waals surface area (Å²) in [5, 5.41) is 13.5. The van der Waals surface area contributed by atoms with Gasteiger partial charge in [0.2, 0.25) is 5.95 Å². The molecule has 0 aliphatic heterocycles. The van der Waals surface area contributed by atoms with Gasteiger partial charge in [0, 0.05) is 25.8 Å². The van der Waals surface area contributed by atoms with E-state index >= 15 is 0 Å². The van der Waals surface area contributed by atoms with Gasteiger partial charge >= 0.3 is 0 Å². The molecule has 0 aliphatic carbocycles. The smallest absolute Gasteiger partial charge is 0.262 e. The van der Waals surface area contributed by atoms with Gasteiger partial charge in [0.25, 0.3) is 5.56 Å². The molecule has 0 unspecified atom stereocenters. The summed E-state index contributed by atoms with van der Waals surface area (Å²) in [5.41, 5.74) is 5.39. The molecule has 3 aromatic rings. The van der Waals surface area contributed by atoms with E-state index in [2.05, 4.69) is 21.6 Å². The Morgan fingerprint density at radius 1 is 1.25 bits per heavy atom. The SMILES string of the molecule is CCn1c(N/N=C\c2ccc(N(C)CCC#N)cc2)nc2ccccc2c1=O. The van der Waals surface area contributed by atoms with Crippen LogP contribution in [0.15, 0.2) is 58.4 Å². The van der Waals surface area contributed by atoms with E-state index in [0.717, 1.165) is 11.3 Å². The Bertz CT molecular complexity index is 1080. The van der Waals surface area contributed by atoms with Crippen molar-refractivity contribution in [2.24, 2.45) is 5.10 Å².